The van der Waals surface area contributed by atoms with Crippen LogP contribution in [0.3, 0.4) is 0 Å². The highest BCUT2D eigenvalue weighted by atomic mass is 16.5. The molecule has 1 aliphatic heterocycles. The van der Waals surface area contributed by atoms with E-state index in [2.05, 4.69) is 5.32 Å². The molecule has 0 aliphatic carbocycles. The summed E-state index contributed by atoms with van der Waals surface area (Å²) in [5, 5.41) is 3.05. The molecule has 7 nitrogen and oxygen atoms in total. The average Bonchev–Trinajstić information content (AvgIpc) is 2.91. The second kappa shape index (κ2) is 7.41. The van der Waals surface area contributed by atoms with E-state index in [1.807, 2.05) is 0 Å². The summed E-state index contributed by atoms with van der Waals surface area (Å²) < 4.78 is 16.0. The molecule has 1 heterocycles. The number of para-hydroxylation sites is 1. The van der Waals surface area contributed by atoms with Gasteiger partial charge in [0.25, 0.3) is 11.8 Å². The topological polar surface area (TPSA) is 77.1 Å². The number of carbonyl (C=O) groups excluding carboxylic acids is 2. The maximum atomic E-state index is 12.8. The Morgan fingerprint density at radius 3 is 2.22 bits per heavy atom. The van der Waals surface area contributed by atoms with Crippen LogP contribution in [0.15, 0.2) is 48.2 Å². The quantitative estimate of drug-likeness (QED) is 0.790. The van der Waals surface area contributed by atoms with Crippen molar-refractivity contribution in [1.29, 1.82) is 0 Å². The highest BCUT2D eigenvalue weighted by Gasteiger charge is 2.38. The van der Waals surface area contributed by atoms with E-state index in [9.17, 15) is 9.59 Å². The summed E-state index contributed by atoms with van der Waals surface area (Å²) in [5.74, 6) is 0.751. The van der Waals surface area contributed by atoms with Crippen LogP contribution >= 0.6 is 0 Å². The van der Waals surface area contributed by atoms with Gasteiger partial charge < -0.3 is 19.5 Å². The average molecular weight is 368 g/mol. The van der Waals surface area contributed by atoms with Gasteiger partial charge in [-0.05, 0) is 18.2 Å². The number of nitrogens with one attached hydrogen (secondary N) is 1. The van der Waals surface area contributed by atoms with Gasteiger partial charge in [0, 0.05) is 18.7 Å². The van der Waals surface area contributed by atoms with Crippen molar-refractivity contribution in [3.8, 4) is 17.2 Å². The summed E-state index contributed by atoms with van der Waals surface area (Å²) >= 11 is 0. The minimum absolute atomic E-state index is 0.151. The number of methoxy groups -OCH3 is 3. The van der Waals surface area contributed by atoms with Gasteiger partial charge in [-0.1, -0.05) is 18.2 Å². The Bertz CT molecular complexity index is 936. The van der Waals surface area contributed by atoms with Gasteiger partial charge in [0.1, 0.15) is 22.9 Å². The molecule has 0 fully saturated rings. The van der Waals surface area contributed by atoms with Crippen LogP contribution < -0.4 is 19.5 Å². The second-order valence-electron chi connectivity index (χ2n) is 5.81. The molecule has 3 rings (SSSR count). The van der Waals surface area contributed by atoms with Crippen LogP contribution in [-0.4, -0.2) is 45.1 Å². The first kappa shape index (κ1) is 18.3. The van der Waals surface area contributed by atoms with E-state index in [0.29, 0.717) is 28.5 Å². The lowest BCUT2D eigenvalue weighted by molar-refractivity contribution is -0.135. The summed E-state index contributed by atoms with van der Waals surface area (Å²) in [6.45, 7) is 0. The Kier molecular flexibility index (Phi) is 5.03. The molecule has 2 aromatic rings. The Labute approximate surface area is 157 Å². The van der Waals surface area contributed by atoms with Crippen LogP contribution in [0, 0.1) is 0 Å². The lowest BCUT2D eigenvalue weighted by atomic mass is 10.0. The predicted octanol–water partition coefficient (Wildman–Crippen LogP) is 2.53. The normalized spacial score (nSPS) is 13.9. The van der Waals surface area contributed by atoms with Crippen molar-refractivity contribution in [3.63, 3.8) is 0 Å². The van der Waals surface area contributed by atoms with Crippen molar-refractivity contribution in [1.82, 2.24) is 4.90 Å². The van der Waals surface area contributed by atoms with E-state index in [4.69, 9.17) is 14.2 Å². The molecule has 1 aliphatic rings. The van der Waals surface area contributed by atoms with Gasteiger partial charge in [0.2, 0.25) is 0 Å². The van der Waals surface area contributed by atoms with Crippen LogP contribution in [0.2, 0.25) is 0 Å². The molecule has 2 aromatic carbocycles. The van der Waals surface area contributed by atoms with Crippen LogP contribution in [-0.2, 0) is 9.59 Å². The molecule has 0 aromatic heterocycles. The third-order valence-electron chi connectivity index (χ3n) is 4.33. The van der Waals surface area contributed by atoms with Crippen LogP contribution in [0.4, 0.5) is 5.69 Å². The predicted molar refractivity (Wildman–Crippen MR) is 101 cm³/mol. The highest BCUT2D eigenvalue weighted by molar-refractivity contribution is 6.36. The first-order valence-electron chi connectivity index (χ1n) is 8.21. The molecule has 0 spiro atoms. The number of likely N-dealkylation sites (N-methyl/N-ethyl adjacent to an activating group) is 1. The molecular weight excluding hydrogens is 348 g/mol. The molecule has 0 bridgehead atoms. The largest absolute Gasteiger partial charge is 0.497 e. The molecule has 0 saturated carbocycles. The summed E-state index contributed by atoms with van der Waals surface area (Å²) in [7, 11) is 6.03. The maximum Gasteiger partial charge on any atom is 0.277 e. The van der Waals surface area contributed by atoms with Crippen molar-refractivity contribution in [2.75, 3.05) is 33.7 Å². The smallest absolute Gasteiger partial charge is 0.277 e. The van der Waals surface area contributed by atoms with E-state index in [-0.39, 0.29) is 11.3 Å². The maximum absolute atomic E-state index is 12.8. The van der Waals surface area contributed by atoms with E-state index in [0.717, 1.165) is 4.90 Å². The van der Waals surface area contributed by atoms with Gasteiger partial charge in [0.15, 0.2) is 0 Å². The number of benzene rings is 2. The fourth-order valence-corrected chi connectivity index (χ4v) is 2.90. The Morgan fingerprint density at radius 2 is 1.56 bits per heavy atom. The summed E-state index contributed by atoms with van der Waals surface area (Å²) in [6.07, 6.45) is 0. The number of hydrogen-bond donors (Lipinski definition) is 1. The van der Waals surface area contributed by atoms with E-state index < -0.39 is 11.8 Å². The Morgan fingerprint density at radius 1 is 0.852 bits per heavy atom. The highest BCUT2D eigenvalue weighted by Crippen LogP contribution is 2.37. The number of anilines is 1. The van der Waals surface area contributed by atoms with Crippen molar-refractivity contribution in [2.24, 2.45) is 0 Å². The zero-order chi connectivity index (χ0) is 19.6. The van der Waals surface area contributed by atoms with Gasteiger partial charge >= 0.3 is 0 Å². The number of carbonyl (C=O) groups is 2. The summed E-state index contributed by atoms with van der Waals surface area (Å²) in [6, 6.07) is 12.2. The molecule has 0 radical (unpaired) electrons. The minimum atomic E-state index is -0.439. The molecule has 0 atom stereocenters. The van der Waals surface area contributed by atoms with Crippen molar-refractivity contribution in [3.05, 3.63) is 53.7 Å². The summed E-state index contributed by atoms with van der Waals surface area (Å²) in [4.78, 5) is 26.6. The van der Waals surface area contributed by atoms with Crippen LogP contribution in [0.1, 0.15) is 5.56 Å². The van der Waals surface area contributed by atoms with E-state index in [1.165, 1.54) is 21.3 Å². The minimum Gasteiger partial charge on any atom is -0.497 e. The van der Waals surface area contributed by atoms with E-state index in [1.54, 1.807) is 49.6 Å². The third-order valence-corrected chi connectivity index (χ3v) is 4.33. The molecule has 140 valence electrons. The summed E-state index contributed by atoms with van der Waals surface area (Å²) in [5.41, 5.74) is 1.44. The number of imide groups is 1. The lowest BCUT2D eigenvalue weighted by Crippen LogP contribution is -2.28. The van der Waals surface area contributed by atoms with Gasteiger partial charge in [0.05, 0.1) is 32.6 Å². The molecule has 1 N–H and O–H groups in total. The number of nitrogens with zero attached hydrogens (tertiary/aromatic N) is 1. The monoisotopic (exact) mass is 368 g/mol. The molecule has 2 amide bonds. The van der Waals surface area contributed by atoms with E-state index >= 15 is 0 Å². The molecule has 7 heteroatoms. The first-order chi connectivity index (χ1) is 13.0. The molecule has 0 saturated heterocycles. The standard InChI is InChI=1S/C20H20N2O5/c1-22-19(23)17(13-7-5-6-8-15(13)26-3)18(20(22)24)21-14-11-12(25-2)9-10-16(14)27-4/h5-11,21H,1-4H3. The zero-order valence-corrected chi connectivity index (χ0v) is 15.5. The fraction of sp³-hybridized carbons (Fsp3) is 0.200. The number of amides is 2. The van der Waals surface area contributed by atoms with Gasteiger partial charge in [-0.15, -0.1) is 0 Å². The Hall–Kier alpha value is -3.48. The second-order valence-corrected chi connectivity index (χ2v) is 5.81. The number of ether oxygens (including phenoxy) is 3. The third kappa shape index (κ3) is 3.19. The molecule has 27 heavy (non-hydrogen) atoms. The van der Waals surface area contributed by atoms with Crippen LogP contribution in [0.25, 0.3) is 5.57 Å². The van der Waals surface area contributed by atoms with Crippen molar-refractivity contribution < 1.29 is 23.8 Å². The SMILES string of the molecule is COc1ccc(OC)c(NC2=C(c3ccccc3OC)C(=O)N(C)C2=O)c1. The molecular formula is C20H20N2O5. The molecule has 0 unspecified atom stereocenters. The van der Waals surface area contributed by atoms with Crippen molar-refractivity contribution >= 4 is 23.1 Å². The first-order valence-corrected chi connectivity index (χ1v) is 8.21. The number of rotatable bonds is 6. The fourth-order valence-electron chi connectivity index (χ4n) is 2.90. The van der Waals surface area contributed by atoms with Crippen LogP contribution in [0.5, 0.6) is 17.2 Å². The van der Waals surface area contributed by atoms with Gasteiger partial charge in [-0.25, -0.2) is 0 Å². The zero-order valence-electron chi connectivity index (χ0n) is 15.5. The van der Waals surface area contributed by atoms with Crippen molar-refractivity contribution in [2.45, 2.75) is 0 Å². The number of hydrogen-bond acceptors (Lipinski definition) is 6. The Balaban J connectivity index is 2.16. The lowest BCUT2D eigenvalue weighted by Gasteiger charge is -2.14. The van der Waals surface area contributed by atoms with Gasteiger partial charge in [-0.3, -0.25) is 14.5 Å². The van der Waals surface area contributed by atoms with Gasteiger partial charge in [-0.2, -0.15) is 0 Å².